The largest absolute Gasteiger partial charge is 0.466 e. The van der Waals surface area contributed by atoms with Crippen molar-refractivity contribution in [1.29, 1.82) is 0 Å². The summed E-state index contributed by atoms with van der Waals surface area (Å²) >= 11 is 0. The molecule has 0 aliphatic carbocycles. The highest BCUT2D eigenvalue weighted by Gasteiger charge is 2.18. The number of carbonyl (C=O) groups excluding carboxylic acids is 2. The molecule has 0 spiro atoms. The third-order valence-corrected chi connectivity index (χ3v) is 14.1. The van der Waals surface area contributed by atoms with Crippen LogP contribution in [0.4, 0.5) is 0 Å². The summed E-state index contributed by atoms with van der Waals surface area (Å²) in [6, 6.07) is -0.629. The Morgan fingerprint density at radius 1 is 0.409 bits per heavy atom. The van der Waals surface area contributed by atoms with Crippen molar-refractivity contribution in [3.8, 4) is 0 Å². The lowest BCUT2D eigenvalue weighted by Gasteiger charge is -2.20. The Morgan fingerprint density at radius 3 is 1.03 bits per heavy atom. The van der Waals surface area contributed by atoms with E-state index in [1.165, 1.54) is 270 Å². The summed E-state index contributed by atoms with van der Waals surface area (Å²) in [5.41, 5.74) is 0. The lowest BCUT2D eigenvalue weighted by atomic mass is 10.0. The maximum Gasteiger partial charge on any atom is 0.305 e. The van der Waals surface area contributed by atoms with Gasteiger partial charge < -0.3 is 20.3 Å². The molecule has 0 aromatic heterocycles. The van der Waals surface area contributed by atoms with Crippen molar-refractivity contribution >= 4 is 11.9 Å². The second-order valence-corrected chi connectivity index (χ2v) is 20.7. The number of nitrogens with one attached hydrogen (secondary N) is 1. The van der Waals surface area contributed by atoms with E-state index in [1.54, 1.807) is 6.08 Å². The summed E-state index contributed by atoms with van der Waals surface area (Å²) in [4.78, 5) is 24.5. The van der Waals surface area contributed by atoms with Crippen molar-refractivity contribution in [3.63, 3.8) is 0 Å². The molecule has 0 heterocycles. The fourth-order valence-corrected chi connectivity index (χ4v) is 9.46. The molecule has 0 bridgehead atoms. The van der Waals surface area contributed by atoms with E-state index >= 15 is 0 Å². The van der Waals surface area contributed by atoms with E-state index in [4.69, 9.17) is 4.74 Å². The standard InChI is InChI=1S/C60H117NO5/c1-3-5-7-9-11-13-15-17-18-19-20-24-27-30-34-38-42-46-50-54-60(65)66-55-51-47-43-39-35-31-28-25-22-21-23-26-29-33-37-41-45-49-53-59(64)61-57(56-62)58(63)52-48-44-40-36-32-16-14-12-10-8-6-4-2/h48,52,57-58,62-63H,3-47,49-51,53-56H2,1-2H3,(H,61,64)/b52-48+. The van der Waals surface area contributed by atoms with Gasteiger partial charge in [-0.3, -0.25) is 9.59 Å². The van der Waals surface area contributed by atoms with Crippen LogP contribution in [0.1, 0.15) is 335 Å². The molecule has 0 rings (SSSR count). The van der Waals surface area contributed by atoms with Crippen LogP contribution in [-0.2, 0) is 14.3 Å². The summed E-state index contributed by atoms with van der Waals surface area (Å²) in [5, 5.41) is 23.0. The summed E-state index contributed by atoms with van der Waals surface area (Å²) in [5.74, 6) is -0.0595. The zero-order chi connectivity index (χ0) is 47.9. The number of hydrogen-bond acceptors (Lipinski definition) is 5. The molecule has 6 nitrogen and oxygen atoms in total. The lowest BCUT2D eigenvalue weighted by Crippen LogP contribution is -2.45. The summed E-state index contributed by atoms with van der Waals surface area (Å²) in [6.07, 6.45) is 66.7. The molecule has 3 N–H and O–H groups in total. The zero-order valence-corrected chi connectivity index (χ0v) is 44.7. The topological polar surface area (TPSA) is 95.9 Å². The molecule has 392 valence electrons. The molecular formula is C60H117NO5. The Balaban J connectivity index is 3.37. The number of ether oxygens (including phenoxy) is 1. The molecule has 0 aliphatic heterocycles. The molecule has 0 aromatic carbocycles. The summed E-state index contributed by atoms with van der Waals surface area (Å²) in [7, 11) is 0. The van der Waals surface area contributed by atoms with Gasteiger partial charge >= 0.3 is 5.97 Å². The van der Waals surface area contributed by atoms with Crippen molar-refractivity contribution in [1.82, 2.24) is 5.32 Å². The van der Waals surface area contributed by atoms with Crippen LogP contribution in [-0.4, -0.2) is 47.4 Å². The van der Waals surface area contributed by atoms with Crippen molar-refractivity contribution in [2.45, 2.75) is 347 Å². The number of rotatable bonds is 56. The molecule has 0 fully saturated rings. The van der Waals surface area contributed by atoms with E-state index in [1.807, 2.05) is 6.08 Å². The average molecular weight is 933 g/mol. The molecule has 0 saturated carbocycles. The summed E-state index contributed by atoms with van der Waals surface area (Å²) < 4.78 is 5.50. The highest BCUT2D eigenvalue weighted by atomic mass is 16.5. The fourth-order valence-electron chi connectivity index (χ4n) is 9.46. The molecular weight excluding hydrogens is 815 g/mol. The zero-order valence-electron chi connectivity index (χ0n) is 44.7. The second kappa shape index (κ2) is 56.2. The quantitative estimate of drug-likeness (QED) is 0.0321. The number of unbranched alkanes of at least 4 members (excludes halogenated alkanes) is 45. The Kier molecular flexibility index (Phi) is 55.0. The molecule has 0 saturated heterocycles. The van der Waals surface area contributed by atoms with Gasteiger partial charge in [-0.15, -0.1) is 0 Å². The highest BCUT2D eigenvalue weighted by Crippen LogP contribution is 2.18. The van der Waals surface area contributed by atoms with Crippen LogP contribution < -0.4 is 5.32 Å². The van der Waals surface area contributed by atoms with Crippen molar-refractivity contribution < 1.29 is 24.5 Å². The Hall–Kier alpha value is -1.40. The summed E-state index contributed by atoms with van der Waals surface area (Å²) in [6.45, 7) is 4.91. The number of amides is 1. The van der Waals surface area contributed by atoms with Gasteiger partial charge in [0.1, 0.15) is 0 Å². The van der Waals surface area contributed by atoms with E-state index in [2.05, 4.69) is 19.2 Å². The van der Waals surface area contributed by atoms with Crippen molar-refractivity contribution in [3.05, 3.63) is 12.2 Å². The smallest absolute Gasteiger partial charge is 0.305 e. The Morgan fingerprint density at radius 2 is 0.697 bits per heavy atom. The minimum Gasteiger partial charge on any atom is -0.466 e. The number of aliphatic hydroxyl groups is 2. The van der Waals surface area contributed by atoms with Gasteiger partial charge in [-0.25, -0.2) is 0 Å². The normalized spacial score (nSPS) is 12.6. The third kappa shape index (κ3) is 52.0. The number of allylic oxidation sites excluding steroid dienone is 1. The minimum atomic E-state index is -0.845. The first-order valence-electron chi connectivity index (χ1n) is 30.0. The third-order valence-electron chi connectivity index (χ3n) is 14.1. The average Bonchev–Trinajstić information content (AvgIpc) is 3.32. The van der Waals surface area contributed by atoms with Gasteiger partial charge in [0.05, 0.1) is 25.4 Å². The molecule has 0 radical (unpaired) electrons. The van der Waals surface area contributed by atoms with E-state index < -0.39 is 12.1 Å². The van der Waals surface area contributed by atoms with Crippen LogP contribution in [0.5, 0.6) is 0 Å². The van der Waals surface area contributed by atoms with Gasteiger partial charge in [0.15, 0.2) is 0 Å². The lowest BCUT2D eigenvalue weighted by molar-refractivity contribution is -0.143. The van der Waals surface area contributed by atoms with Gasteiger partial charge in [0.2, 0.25) is 5.91 Å². The van der Waals surface area contributed by atoms with Gasteiger partial charge in [-0.05, 0) is 32.1 Å². The maximum absolute atomic E-state index is 12.4. The SMILES string of the molecule is CCCCCCCCCCCC/C=C/C(O)C(CO)NC(=O)CCCCCCCCCCCCCCCCCCCCOC(=O)CCCCCCCCCCCCCCCCCCCCC. The van der Waals surface area contributed by atoms with Crippen LogP contribution in [0.2, 0.25) is 0 Å². The van der Waals surface area contributed by atoms with Crippen LogP contribution in [0.15, 0.2) is 12.2 Å². The van der Waals surface area contributed by atoms with Crippen molar-refractivity contribution in [2.75, 3.05) is 13.2 Å². The molecule has 0 aromatic rings. The molecule has 0 aliphatic rings. The first-order valence-corrected chi connectivity index (χ1v) is 30.0. The molecule has 2 atom stereocenters. The van der Waals surface area contributed by atoms with Gasteiger partial charge in [-0.1, -0.05) is 302 Å². The molecule has 1 amide bonds. The van der Waals surface area contributed by atoms with Gasteiger partial charge in [-0.2, -0.15) is 0 Å². The Labute approximate surface area is 412 Å². The molecule has 2 unspecified atom stereocenters. The van der Waals surface area contributed by atoms with E-state index in [-0.39, 0.29) is 18.5 Å². The number of esters is 1. The number of hydrogen-bond donors (Lipinski definition) is 3. The number of aliphatic hydroxyl groups excluding tert-OH is 2. The Bertz CT molecular complexity index is 986. The predicted octanol–water partition coefficient (Wildman–Crippen LogP) is 18.5. The predicted molar refractivity (Wildman–Crippen MR) is 287 cm³/mol. The van der Waals surface area contributed by atoms with E-state index in [9.17, 15) is 19.8 Å². The van der Waals surface area contributed by atoms with Crippen LogP contribution in [0, 0.1) is 0 Å². The van der Waals surface area contributed by atoms with Gasteiger partial charge in [0.25, 0.3) is 0 Å². The van der Waals surface area contributed by atoms with Crippen molar-refractivity contribution in [2.24, 2.45) is 0 Å². The second-order valence-electron chi connectivity index (χ2n) is 20.7. The van der Waals surface area contributed by atoms with Gasteiger partial charge in [0, 0.05) is 12.8 Å². The fraction of sp³-hybridized carbons (Fsp3) is 0.933. The first-order chi connectivity index (χ1) is 32.5. The first kappa shape index (κ1) is 64.6. The minimum absolute atomic E-state index is 0.0117. The maximum atomic E-state index is 12.4. The number of carbonyl (C=O) groups is 2. The van der Waals surface area contributed by atoms with E-state index in [0.29, 0.717) is 19.4 Å². The molecule has 66 heavy (non-hydrogen) atoms. The van der Waals surface area contributed by atoms with Crippen LogP contribution >= 0.6 is 0 Å². The van der Waals surface area contributed by atoms with E-state index in [0.717, 1.165) is 38.5 Å². The monoisotopic (exact) mass is 932 g/mol. The highest BCUT2D eigenvalue weighted by molar-refractivity contribution is 5.76. The molecule has 6 heteroatoms. The van der Waals surface area contributed by atoms with Crippen LogP contribution in [0.3, 0.4) is 0 Å². The van der Waals surface area contributed by atoms with Crippen LogP contribution in [0.25, 0.3) is 0 Å².